The van der Waals surface area contributed by atoms with Gasteiger partial charge in [0.2, 0.25) is 0 Å². The lowest BCUT2D eigenvalue weighted by Crippen LogP contribution is -2.46. The number of carbonyl (C=O) groups is 2. The highest BCUT2D eigenvalue weighted by Gasteiger charge is 2.34. The molecule has 0 aromatic heterocycles. The summed E-state index contributed by atoms with van der Waals surface area (Å²) in [5.41, 5.74) is 2.25. The van der Waals surface area contributed by atoms with E-state index >= 15 is 0 Å². The van der Waals surface area contributed by atoms with Gasteiger partial charge in [-0.05, 0) is 42.3 Å². The number of amides is 1. The molecule has 2 aromatic rings. The van der Waals surface area contributed by atoms with Crippen molar-refractivity contribution in [2.75, 3.05) is 18.6 Å². The number of nitrogens with zero attached hydrogens (tertiary/aromatic N) is 1. The van der Waals surface area contributed by atoms with E-state index in [9.17, 15) is 9.59 Å². The van der Waals surface area contributed by atoms with Crippen LogP contribution >= 0.6 is 15.9 Å². The largest absolute Gasteiger partial charge is 0.462 e. The molecule has 0 fully saturated rings. The fourth-order valence-electron chi connectivity index (χ4n) is 3.56. The van der Waals surface area contributed by atoms with E-state index < -0.39 is 6.09 Å². The molecular weight excluding hydrogens is 434 g/mol. The van der Waals surface area contributed by atoms with Gasteiger partial charge in [0.15, 0.2) is 0 Å². The first kappa shape index (κ1) is 21.1. The van der Waals surface area contributed by atoms with Crippen molar-refractivity contribution >= 4 is 39.8 Å². The maximum Gasteiger partial charge on any atom is 0.414 e. The van der Waals surface area contributed by atoms with Crippen molar-refractivity contribution in [3.05, 3.63) is 70.2 Å². The van der Waals surface area contributed by atoms with Crippen LogP contribution < -0.4 is 4.90 Å². The monoisotopic (exact) mass is 457 g/mol. The first-order valence-electron chi connectivity index (χ1n) is 9.62. The molecule has 2 aromatic carbocycles. The molecule has 152 valence electrons. The number of fused-ring (bicyclic) bond motifs is 1. The summed E-state index contributed by atoms with van der Waals surface area (Å²) >= 11 is 3.36. The van der Waals surface area contributed by atoms with Gasteiger partial charge in [-0.3, -0.25) is 4.90 Å². The third kappa shape index (κ3) is 4.88. The molecule has 0 saturated carbocycles. The molecule has 0 aliphatic carbocycles. The molecule has 1 aliphatic heterocycles. The number of hydrogen-bond acceptors (Lipinski definition) is 4. The molecule has 0 bridgehead atoms. The average Bonchev–Trinajstić information content (AvgIpc) is 2.75. The number of halogens is 1. The maximum absolute atomic E-state index is 12.6. The molecule has 0 saturated heterocycles. The Labute approximate surface area is 179 Å². The van der Waals surface area contributed by atoms with E-state index in [1.54, 1.807) is 29.2 Å². The highest BCUT2D eigenvalue weighted by Crippen LogP contribution is 2.33. The molecule has 1 aliphatic rings. The van der Waals surface area contributed by atoms with E-state index in [2.05, 4.69) is 22.9 Å². The second-order valence-electron chi connectivity index (χ2n) is 6.90. The molecule has 3 rings (SSSR count). The SMILES string of the molecule is CCC[C@@H](COC(=O)c1ccc(Br)cc1)[C@H]1C=Cc2ccccc2N1C(=O)OC. The van der Waals surface area contributed by atoms with Crippen LogP contribution in [0.4, 0.5) is 10.5 Å². The fraction of sp³-hybridized carbons (Fsp3) is 0.304. The third-order valence-corrected chi connectivity index (χ3v) is 5.52. The minimum atomic E-state index is -0.424. The van der Waals surface area contributed by atoms with Crippen molar-refractivity contribution in [2.24, 2.45) is 5.92 Å². The van der Waals surface area contributed by atoms with Gasteiger partial charge in [0.05, 0.1) is 31.0 Å². The molecule has 2 atom stereocenters. The molecule has 1 amide bonds. The van der Waals surface area contributed by atoms with Gasteiger partial charge in [-0.15, -0.1) is 0 Å². The van der Waals surface area contributed by atoms with E-state index in [-0.39, 0.29) is 24.5 Å². The van der Waals surface area contributed by atoms with Gasteiger partial charge < -0.3 is 9.47 Å². The number of esters is 1. The highest BCUT2D eigenvalue weighted by atomic mass is 79.9. The molecule has 0 spiro atoms. The Morgan fingerprint density at radius 1 is 1.14 bits per heavy atom. The number of rotatable bonds is 6. The van der Waals surface area contributed by atoms with Gasteiger partial charge in [-0.25, -0.2) is 9.59 Å². The van der Waals surface area contributed by atoms with Gasteiger partial charge in [0.25, 0.3) is 0 Å². The quantitative estimate of drug-likeness (QED) is 0.522. The molecular formula is C23H24BrNO4. The molecule has 0 radical (unpaired) electrons. The van der Waals surface area contributed by atoms with Gasteiger partial charge in [-0.1, -0.05) is 59.6 Å². The molecule has 29 heavy (non-hydrogen) atoms. The Balaban J connectivity index is 1.80. The van der Waals surface area contributed by atoms with Crippen LogP contribution in [0.5, 0.6) is 0 Å². The Bertz CT molecular complexity index is 894. The van der Waals surface area contributed by atoms with Crippen LogP contribution in [0, 0.1) is 5.92 Å². The molecule has 1 heterocycles. The van der Waals surface area contributed by atoms with Crippen LogP contribution in [0.3, 0.4) is 0 Å². The highest BCUT2D eigenvalue weighted by molar-refractivity contribution is 9.10. The predicted octanol–water partition coefficient (Wildman–Crippen LogP) is 5.69. The number of methoxy groups -OCH3 is 1. The van der Waals surface area contributed by atoms with Crippen molar-refractivity contribution in [1.29, 1.82) is 0 Å². The summed E-state index contributed by atoms with van der Waals surface area (Å²) in [6.07, 6.45) is 5.29. The normalized spacial score (nSPS) is 16.1. The zero-order valence-corrected chi connectivity index (χ0v) is 18.1. The van der Waals surface area contributed by atoms with E-state index in [1.807, 2.05) is 36.4 Å². The molecule has 6 heteroatoms. The van der Waals surface area contributed by atoms with Crippen LogP contribution in [0.1, 0.15) is 35.7 Å². The predicted molar refractivity (Wildman–Crippen MR) is 117 cm³/mol. The zero-order chi connectivity index (χ0) is 20.8. The summed E-state index contributed by atoms with van der Waals surface area (Å²) in [6, 6.07) is 14.5. The first-order valence-corrected chi connectivity index (χ1v) is 10.4. The third-order valence-electron chi connectivity index (χ3n) is 4.99. The standard InChI is InChI=1S/C23H24BrNO4/c1-3-6-18(15-29-22(26)17-9-12-19(24)13-10-17)21-14-11-16-7-4-5-8-20(16)25(21)23(27)28-2/h4-5,7-14,18,21H,3,6,15H2,1-2H3/t18-,21+/m0/s1. The fourth-order valence-corrected chi connectivity index (χ4v) is 3.82. The van der Waals surface area contributed by atoms with Gasteiger partial charge >= 0.3 is 12.1 Å². The van der Waals surface area contributed by atoms with Crippen LogP contribution in [0.15, 0.2) is 59.1 Å². The summed E-state index contributed by atoms with van der Waals surface area (Å²) < 4.78 is 11.6. The summed E-state index contributed by atoms with van der Waals surface area (Å²) in [6.45, 7) is 2.29. The van der Waals surface area contributed by atoms with Gasteiger partial charge in [-0.2, -0.15) is 0 Å². The summed E-state index contributed by atoms with van der Waals surface area (Å²) in [5.74, 6) is -0.425. The second kappa shape index (κ2) is 9.74. The lowest BCUT2D eigenvalue weighted by Gasteiger charge is -2.37. The number of anilines is 1. The van der Waals surface area contributed by atoms with E-state index in [0.29, 0.717) is 5.56 Å². The Kier molecular flexibility index (Phi) is 7.09. The smallest absolute Gasteiger partial charge is 0.414 e. The molecule has 5 nitrogen and oxygen atoms in total. The van der Waals surface area contributed by atoms with Crippen molar-refractivity contribution < 1.29 is 19.1 Å². The molecule has 0 unspecified atom stereocenters. The summed E-state index contributed by atoms with van der Waals surface area (Å²) in [4.78, 5) is 26.7. The maximum atomic E-state index is 12.6. The van der Waals surface area contributed by atoms with Crippen molar-refractivity contribution in [3.8, 4) is 0 Å². The zero-order valence-electron chi connectivity index (χ0n) is 16.5. The number of benzene rings is 2. The van der Waals surface area contributed by atoms with Crippen molar-refractivity contribution in [1.82, 2.24) is 0 Å². The summed E-state index contributed by atoms with van der Waals surface area (Å²) in [5, 5.41) is 0. The molecule has 0 N–H and O–H groups in total. The second-order valence-corrected chi connectivity index (χ2v) is 7.82. The summed E-state index contributed by atoms with van der Waals surface area (Å²) in [7, 11) is 1.38. The average molecular weight is 458 g/mol. The number of carbonyl (C=O) groups excluding carboxylic acids is 2. The number of para-hydroxylation sites is 1. The lowest BCUT2D eigenvalue weighted by molar-refractivity contribution is 0.0421. The Morgan fingerprint density at radius 3 is 2.55 bits per heavy atom. The van der Waals surface area contributed by atoms with E-state index in [0.717, 1.165) is 28.6 Å². The van der Waals surface area contributed by atoms with Crippen LogP contribution in [-0.2, 0) is 9.47 Å². The van der Waals surface area contributed by atoms with Crippen LogP contribution in [-0.4, -0.2) is 31.8 Å². The Morgan fingerprint density at radius 2 is 1.86 bits per heavy atom. The first-order chi connectivity index (χ1) is 14.0. The topological polar surface area (TPSA) is 55.8 Å². The minimum Gasteiger partial charge on any atom is -0.462 e. The van der Waals surface area contributed by atoms with Crippen molar-refractivity contribution in [3.63, 3.8) is 0 Å². The van der Waals surface area contributed by atoms with E-state index in [4.69, 9.17) is 9.47 Å². The van der Waals surface area contributed by atoms with Crippen molar-refractivity contribution in [2.45, 2.75) is 25.8 Å². The van der Waals surface area contributed by atoms with Crippen LogP contribution in [0.2, 0.25) is 0 Å². The van der Waals surface area contributed by atoms with Crippen LogP contribution in [0.25, 0.3) is 6.08 Å². The number of ether oxygens (including phenoxy) is 2. The number of hydrogen-bond donors (Lipinski definition) is 0. The minimum absolute atomic E-state index is 0.0527. The Hall–Kier alpha value is -2.60. The van der Waals surface area contributed by atoms with Gasteiger partial charge in [0, 0.05) is 10.4 Å². The van der Waals surface area contributed by atoms with E-state index in [1.165, 1.54) is 7.11 Å². The lowest BCUT2D eigenvalue weighted by atomic mass is 9.90. The van der Waals surface area contributed by atoms with Gasteiger partial charge in [0.1, 0.15) is 0 Å².